The number of hydrogen-bond acceptors (Lipinski definition) is 4. The molecular formula is C19H40IN5O2. The molecule has 27 heavy (non-hydrogen) atoms. The second-order valence-corrected chi connectivity index (χ2v) is 8.11. The summed E-state index contributed by atoms with van der Waals surface area (Å²) in [6.07, 6.45) is 4.66. The van der Waals surface area contributed by atoms with Crippen LogP contribution in [0.15, 0.2) is 4.99 Å². The fourth-order valence-corrected chi connectivity index (χ4v) is 3.04. The highest BCUT2D eigenvalue weighted by atomic mass is 127. The summed E-state index contributed by atoms with van der Waals surface area (Å²) >= 11 is 0. The van der Waals surface area contributed by atoms with Crippen LogP contribution in [-0.2, 0) is 4.74 Å². The van der Waals surface area contributed by atoms with Crippen molar-refractivity contribution in [1.82, 2.24) is 20.9 Å². The molecule has 1 fully saturated rings. The SMILES string of the molecule is CN=C(NCCCCN1CCCC(C)C1)NCCNC(=O)OC(C)(C)C.I. The predicted molar refractivity (Wildman–Crippen MR) is 123 cm³/mol. The summed E-state index contributed by atoms with van der Waals surface area (Å²) in [5, 5.41) is 9.23. The molecule has 1 unspecified atom stereocenters. The highest BCUT2D eigenvalue weighted by Gasteiger charge is 2.16. The molecular weight excluding hydrogens is 457 g/mol. The van der Waals surface area contributed by atoms with Crippen LogP contribution in [0, 0.1) is 5.92 Å². The Kier molecular flexibility index (Phi) is 13.9. The van der Waals surface area contributed by atoms with Gasteiger partial charge < -0.3 is 25.6 Å². The summed E-state index contributed by atoms with van der Waals surface area (Å²) in [5.41, 5.74) is -0.471. The normalized spacial score (nSPS) is 18.4. The molecule has 1 aliphatic heterocycles. The van der Waals surface area contributed by atoms with Crippen molar-refractivity contribution < 1.29 is 9.53 Å². The number of aliphatic imine (C=N–C) groups is 1. The maximum absolute atomic E-state index is 11.6. The van der Waals surface area contributed by atoms with Crippen molar-refractivity contribution in [2.45, 2.75) is 59.0 Å². The molecule has 0 aromatic rings. The van der Waals surface area contributed by atoms with E-state index in [4.69, 9.17) is 4.74 Å². The number of nitrogens with one attached hydrogen (secondary N) is 3. The molecule has 0 saturated carbocycles. The number of carbonyl (C=O) groups excluding carboxylic acids is 1. The van der Waals surface area contributed by atoms with Crippen molar-refractivity contribution in [3.05, 3.63) is 0 Å². The second-order valence-electron chi connectivity index (χ2n) is 8.11. The quantitative estimate of drug-likeness (QED) is 0.208. The van der Waals surface area contributed by atoms with Crippen LogP contribution in [0.1, 0.15) is 53.4 Å². The van der Waals surface area contributed by atoms with E-state index in [1.165, 1.54) is 38.9 Å². The third-order valence-corrected chi connectivity index (χ3v) is 4.24. The molecule has 1 heterocycles. The molecule has 0 bridgehead atoms. The predicted octanol–water partition coefficient (Wildman–Crippen LogP) is 2.81. The van der Waals surface area contributed by atoms with Gasteiger partial charge in [0.25, 0.3) is 0 Å². The molecule has 1 aliphatic rings. The number of alkyl carbamates (subject to hydrolysis) is 1. The van der Waals surface area contributed by atoms with Gasteiger partial charge in [-0.05, 0) is 65.5 Å². The van der Waals surface area contributed by atoms with E-state index in [-0.39, 0.29) is 24.0 Å². The van der Waals surface area contributed by atoms with Gasteiger partial charge in [0.15, 0.2) is 5.96 Å². The molecule has 8 heteroatoms. The molecule has 0 aliphatic carbocycles. The Labute approximate surface area is 182 Å². The lowest BCUT2D eigenvalue weighted by Crippen LogP contribution is -2.42. The number of carbonyl (C=O) groups is 1. The number of nitrogens with zero attached hydrogens (tertiary/aromatic N) is 2. The molecule has 0 aromatic heterocycles. The van der Waals surface area contributed by atoms with E-state index in [0.717, 1.165) is 24.8 Å². The Morgan fingerprint density at radius 1 is 1.15 bits per heavy atom. The molecule has 3 N–H and O–H groups in total. The molecule has 160 valence electrons. The van der Waals surface area contributed by atoms with Crippen LogP contribution in [0.4, 0.5) is 4.79 Å². The maximum Gasteiger partial charge on any atom is 0.407 e. The molecule has 1 atom stereocenters. The van der Waals surface area contributed by atoms with E-state index in [9.17, 15) is 4.79 Å². The maximum atomic E-state index is 11.6. The number of unbranched alkanes of at least 4 members (excludes halogenated alkanes) is 1. The molecule has 1 amide bonds. The minimum absolute atomic E-state index is 0. The number of hydrogen-bond donors (Lipinski definition) is 3. The fourth-order valence-electron chi connectivity index (χ4n) is 3.04. The first-order valence-electron chi connectivity index (χ1n) is 9.94. The van der Waals surface area contributed by atoms with Gasteiger partial charge in [0.1, 0.15) is 5.60 Å². The molecule has 1 rings (SSSR count). The number of rotatable bonds is 8. The first kappa shape index (κ1) is 26.2. The van der Waals surface area contributed by atoms with E-state index in [1.54, 1.807) is 7.05 Å². The van der Waals surface area contributed by atoms with Gasteiger partial charge in [-0.1, -0.05) is 6.92 Å². The minimum atomic E-state index is -0.471. The number of guanidine groups is 1. The van der Waals surface area contributed by atoms with Crippen LogP contribution >= 0.6 is 24.0 Å². The fraction of sp³-hybridized carbons (Fsp3) is 0.895. The molecule has 0 aromatic carbocycles. The van der Waals surface area contributed by atoms with Gasteiger partial charge in [0.2, 0.25) is 0 Å². The summed E-state index contributed by atoms with van der Waals surface area (Å²) in [7, 11) is 1.76. The average Bonchev–Trinajstić information content (AvgIpc) is 2.55. The number of likely N-dealkylation sites (tertiary alicyclic amines) is 1. The van der Waals surface area contributed by atoms with Crippen LogP contribution in [0.2, 0.25) is 0 Å². The lowest BCUT2D eigenvalue weighted by molar-refractivity contribution is 0.0529. The standard InChI is InChI=1S/C19H39N5O2.HI/c1-16-9-8-14-24(15-16)13-7-6-10-21-17(20-5)22-11-12-23-18(25)26-19(2,3)4;/h16H,6-15H2,1-5H3,(H,23,25)(H2,20,21,22);1H. The smallest absolute Gasteiger partial charge is 0.407 e. The van der Waals surface area contributed by atoms with Gasteiger partial charge in [0.05, 0.1) is 0 Å². The number of piperidine rings is 1. The van der Waals surface area contributed by atoms with Gasteiger partial charge in [-0.2, -0.15) is 0 Å². The summed E-state index contributed by atoms with van der Waals surface area (Å²) in [4.78, 5) is 18.3. The summed E-state index contributed by atoms with van der Waals surface area (Å²) < 4.78 is 5.19. The zero-order chi connectivity index (χ0) is 19.4. The first-order valence-corrected chi connectivity index (χ1v) is 9.94. The highest BCUT2D eigenvalue weighted by molar-refractivity contribution is 14.0. The molecule has 7 nitrogen and oxygen atoms in total. The first-order chi connectivity index (χ1) is 12.3. The van der Waals surface area contributed by atoms with Gasteiger partial charge in [-0.25, -0.2) is 4.79 Å². The van der Waals surface area contributed by atoms with Crippen LogP contribution in [0.5, 0.6) is 0 Å². The van der Waals surface area contributed by atoms with Crippen molar-refractivity contribution in [2.24, 2.45) is 10.9 Å². The van der Waals surface area contributed by atoms with Gasteiger partial charge in [-0.15, -0.1) is 24.0 Å². The topological polar surface area (TPSA) is 78.0 Å². The summed E-state index contributed by atoms with van der Waals surface area (Å²) in [5.74, 6) is 1.61. The monoisotopic (exact) mass is 497 g/mol. The Hall–Kier alpha value is -0.770. The molecule has 0 radical (unpaired) electrons. The lowest BCUT2D eigenvalue weighted by Gasteiger charge is -2.30. The van der Waals surface area contributed by atoms with Crippen LogP contribution in [-0.4, -0.2) is 68.9 Å². The van der Waals surface area contributed by atoms with Crippen molar-refractivity contribution in [2.75, 3.05) is 46.3 Å². The third-order valence-electron chi connectivity index (χ3n) is 4.24. The Morgan fingerprint density at radius 3 is 2.44 bits per heavy atom. The average molecular weight is 497 g/mol. The van der Waals surface area contributed by atoms with Gasteiger partial charge in [-0.3, -0.25) is 4.99 Å². The molecule has 0 spiro atoms. The van der Waals surface area contributed by atoms with Crippen molar-refractivity contribution >= 4 is 36.0 Å². The lowest BCUT2D eigenvalue weighted by atomic mass is 10.0. The van der Waals surface area contributed by atoms with Gasteiger partial charge in [0, 0.05) is 33.2 Å². The van der Waals surface area contributed by atoms with E-state index in [0.29, 0.717) is 13.1 Å². The number of halogens is 1. The van der Waals surface area contributed by atoms with E-state index >= 15 is 0 Å². The third kappa shape index (κ3) is 14.0. The second kappa shape index (κ2) is 14.3. The summed E-state index contributed by atoms with van der Waals surface area (Å²) in [6.45, 7) is 13.6. The zero-order valence-corrected chi connectivity index (χ0v) is 20.1. The van der Waals surface area contributed by atoms with E-state index in [2.05, 4.69) is 32.8 Å². The largest absolute Gasteiger partial charge is 0.444 e. The number of ether oxygens (including phenoxy) is 1. The zero-order valence-electron chi connectivity index (χ0n) is 17.8. The van der Waals surface area contributed by atoms with Crippen molar-refractivity contribution in [1.29, 1.82) is 0 Å². The molecule has 1 saturated heterocycles. The summed E-state index contributed by atoms with van der Waals surface area (Å²) in [6, 6.07) is 0. The van der Waals surface area contributed by atoms with Crippen LogP contribution in [0.25, 0.3) is 0 Å². The van der Waals surface area contributed by atoms with Crippen LogP contribution in [0.3, 0.4) is 0 Å². The van der Waals surface area contributed by atoms with Crippen molar-refractivity contribution in [3.63, 3.8) is 0 Å². The highest BCUT2D eigenvalue weighted by Crippen LogP contribution is 2.15. The Balaban J connectivity index is 0.00000676. The number of amides is 1. The minimum Gasteiger partial charge on any atom is -0.444 e. The van der Waals surface area contributed by atoms with E-state index < -0.39 is 11.7 Å². The van der Waals surface area contributed by atoms with E-state index in [1.807, 2.05) is 20.8 Å². The Morgan fingerprint density at radius 2 is 1.81 bits per heavy atom. The van der Waals surface area contributed by atoms with Gasteiger partial charge >= 0.3 is 6.09 Å². The van der Waals surface area contributed by atoms with Crippen molar-refractivity contribution in [3.8, 4) is 0 Å². The Bertz CT molecular complexity index is 440. The van der Waals surface area contributed by atoms with Crippen LogP contribution < -0.4 is 16.0 Å².